The Balaban J connectivity index is 2.73. The molecule has 0 spiro atoms. The van der Waals surface area contributed by atoms with Crippen LogP contribution in [0, 0.1) is 10.1 Å². The third-order valence-corrected chi connectivity index (χ3v) is 3.93. The maximum absolute atomic E-state index is 11.9. The maximum atomic E-state index is 11.9. The van der Waals surface area contributed by atoms with Gasteiger partial charge in [0, 0.05) is 25.8 Å². The number of sulfonamides is 1. The largest absolute Gasteiger partial charge is 0.393 e. The minimum Gasteiger partial charge on any atom is -0.393 e. The highest BCUT2D eigenvalue weighted by molar-refractivity contribution is 7.89. The molecule has 112 valence electrons. The summed E-state index contributed by atoms with van der Waals surface area (Å²) in [6.45, 7) is 3.11. The fourth-order valence-corrected chi connectivity index (χ4v) is 2.58. The molecule has 0 atom stereocenters. The highest BCUT2D eigenvalue weighted by Crippen LogP contribution is 2.24. The first-order valence-electron chi connectivity index (χ1n) is 6.00. The monoisotopic (exact) mass is 303 g/mol. The van der Waals surface area contributed by atoms with E-state index in [1.807, 2.05) is 6.92 Å². The number of nitrogens with one attached hydrogen (secondary N) is 1. The number of nitrogens with zero attached hydrogens (tertiary/aromatic N) is 1. The number of rotatable bonds is 8. The van der Waals surface area contributed by atoms with Gasteiger partial charge in [0.15, 0.2) is 0 Å². The predicted octanol–water partition coefficient (Wildman–Crippen LogP) is 0.882. The fourth-order valence-electron chi connectivity index (χ4n) is 1.47. The van der Waals surface area contributed by atoms with Crippen LogP contribution in [-0.2, 0) is 14.8 Å². The second kappa shape index (κ2) is 7.17. The van der Waals surface area contributed by atoms with Gasteiger partial charge >= 0.3 is 0 Å². The van der Waals surface area contributed by atoms with E-state index in [0.29, 0.717) is 19.6 Å². The maximum Gasteiger partial charge on any atom is 0.292 e. The zero-order valence-corrected chi connectivity index (χ0v) is 11.9. The van der Waals surface area contributed by atoms with Crippen LogP contribution in [0.1, 0.15) is 13.3 Å². The zero-order valence-electron chi connectivity index (χ0n) is 11.0. The average Bonchev–Trinajstić information content (AvgIpc) is 2.37. The van der Waals surface area contributed by atoms with Crippen molar-refractivity contribution in [2.45, 2.75) is 18.2 Å². The zero-order chi connectivity index (χ0) is 15.2. The number of benzene rings is 1. The lowest BCUT2D eigenvalue weighted by Gasteiger charge is -2.07. The molecular weight excluding hydrogens is 286 g/mol. The molecule has 0 radical (unpaired) electrons. The second-order valence-electron chi connectivity index (χ2n) is 3.93. The molecule has 0 amide bonds. The Morgan fingerprint density at radius 1 is 1.45 bits per heavy atom. The van der Waals surface area contributed by atoms with Gasteiger partial charge in [-0.3, -0.25) is 10.1 Å². The standard InChI is InChI=1S/C11H17N3O5S/c1-2-19-7-3-6-13-20(17,18)9-4-5-11(14(15)16)10(12)8-9/h4-5,8,13H,2-3,6-7,12H2,1H3. The van der Waals surface area contributed by atoms with Gasteiger partial charge < -0.3 is 10.5 Å². The van der Waals surface area contributed by atoms with Gasteiger partial charge in [-0.05, 0) is 25.5 Å². The minimum atomic E-state index is -3.72. The Hall–Kier alpha value is -1.71. The third kappa shape index (κ3) is 4.44. The van der Waals surface area contributed by atoms with Crippen LogP contribution in [-0.4, -0.2) is 33.1 Å². The molecule has 0 bridgehead atoms. The van der Waals surface area contributed by atoms with Gasteiger partial charge in [0.1, 0.15) is 5.69 Å². The Labute approximate surface area is 117 Å². The van der Waals surface area contributed by atoms with E-state index in [2.05, 4.69) is 4.72 Å². The van der Waals surface area contributed by atoms with E-state index in [0.717, 1.165) is 18.2 Å². The molecule has 0 aliphatic carbocycles. The van der Waals surface area contributed by atoms with Crippen molar-refractivity contribution in [3.63, 3.8) is 0 Å². The first kappa shape index (κ1) is 16.3. The van der Waals surface area contributed by atoms with E-state index in [-0.39, 0.29) is 22.8 Å². The molecule has 0 saturated heterocycles. The molecule has 0 fully saturated rings. The van der Waals surface area contributed by atoms with Crippen LogP contribution in [0.3, 0.4) is 0 Å². The second-order valence-corrected chi connectivity index (χ2v) is 5.69. The first-order valence-corrected chi connectivity index (χ1v) is 7.48. The van der Waals surface area contributed by atoms with E-state index in [1.165, 1.54) is 0 Å². The third-order valence-electron chi connectivity index (χ3n) is 2.47. The van der Waals surface area contributed by atoms with Crippen LogP contribution in [0.2, 0.25) is 0 Å². The summed E-state index contributed by atoms with van der Waals surface area (Å²) in [6.07, 6.45) is 0.537. The van der Waals surface area contributed by atoms with E-state index in [9.17, 15) is 18.5 Å². The van der Waals surface area contributed by atoms with Gasteiger partial charge in [-0.2, -0.15) is 0 Å². The SMILES string of the molecule is CCOCCCNS(=O)(=O)c1ccc([N+](=O)[O-])c(N)c1. The molecule has 0 saturated carbocycles. The number of ether oxygens (including phenoxy) is 1. The first-order chi connectivity index (χ1) is 9.38. The van der Waals surface area contributed by atoms with Crippen molar-refractivity contribution in [3.05, 3.63) is 28.3 Å². The Morgan fingerprint density at radius 3 is 2.70 bits per heavy atom. The summed E-state index contributed by atoms with van der Waals surface area (Å²) in [4.78, 5) is 9.84. The molecular formula is C11H17N3O5S. The Kier molecular flexibility index (Phi) is 5.86. The van der Waals surface area contributed by atoms with Crippen molar-refractivity contribution in [3.8, 4) is 0 Å². The quantitative estimate of drug-likeness (QED) is 0.318. The molecule has 1 aromatic rings. The number of hydrogen-bond donors (Lipinski definition) is 2. The van der Waals surface area contributed by atoms with E-state index in [4.69, 9.17) is 10.5 Å². The topological polar surface area (TPSA) is 125 Å². The summed E-state index contributed by atoms with van der Waals surface area (Å²) >= 11 is 0. The van der Waals surface area contributed by atoms with Crippen LogP contribution < -0.4 is 10.5 Å². The van der Waals surface area contributed by atoms with Crippen LogP contribution in [0.25, 0.3) is 0 Å². The lowest BCUT2D eigenvalue weighted by Crippen LogP contribution is -2.25. The van der Waals surface area contributed by atoms with Crippen molar-refractivity contribution in [2.24, 2.45) is 0 Å². The summed E-state index contributed by atoms with van der Waals surface area (Å²) in [5.41, 5.74) is 4.95. The summed E-state index contributed by atoms with van der Waals surface area (Å²) in [5.74, 6) is 0. The van der Waals surface area contributed by atoms with Gasteiger partial charge in [0.05, 0.1) is 9.82 Å². The molecule has 1 rings (SSSR count). The number of nitro benzene ring substituents is 1. The van der Waals surface area contributed by atoms with Crippen LogP contribution >= 0.6 is 0 Å². The average molecular weight is 303 g/mol. The van der Waals surface area contributed by atoms with Crippen LogP contribution in [0.5, 0.6) is 0 Å². The van der Waals surface area contributed by atoms with Gasteiger partial charge in [0.2, 0.25) is 10.0 Å². The van der Waals surface area contributed by atoms with Crippen molar-refractivity contribution in [1.82, 2.24) is 4.72 Å². The number of hydrogen-bond acceptors (Lipinski definition) is 6. The summed E-state index contributed by atoms with van der Waals surface area (Å²) in [6, 6.07) is 3.30. The normalized spacial score (nSPS) is 11.4. The molecule has 0 heterocycles. The highest BCUT2D eigenvalue weighted by Gasteiger charge is 2.18. The molecule has 8 nitrogen and oxygen atoms in total. The molecule has 0 aliphatic heterocycles. The molecule has 1 aromatic carbocycles. The summed E-state index contributed by atoms with van der Waals surface area (Å²) in [7, 11) is -3.72. The van der Waals surface area contributed by atoms with E-state index < -0.39 is 14.9 Å². The molecule has 9 heteroatoms. The van der Waals surface area contributed by atoms with Crippen molar-refractivity contribution < 1.29 is 18.1 Å². The molecule has 3 N–H and O–H groups in total. The summed E-state index contributed by atoms with van der Waals surface area (Å²) in [5, 5.41) is 10.6. The van der Waals surface area contributed by atoms with Crippen molar-refractivity contribution in [2.75, 3.05) is 25.5 Å². The fraction of sp³-hybridized carbons (Fsp3) is 0.455. The number of nitrogen functional groups attached to an aromatic ring is 1. The smallest absolute Gasteiger partial charge is 0.292 e. The van der Waals surface area contributed by atoms with Crippen LogP contribution in [0.4, 0.5) is 11.4 Å². The number of nitro groups is 1. The lowest BCUT2D eigenvalue weighted by atomic mass is 10.3. The predicted molar refractivity (Wildman–Crippen MR) is 73.8 cm³/mol. The number of anilines is 1. The lowest BCUT2D eigenvalue weighted by molar-refractivity contribution is -0.383. The Morgan fingerprint density at radius 2 is 2.15 bits per heavy atom. The van der Waals surface area contributed by atoms with Gasteiger partial charge in [-0.25, -0.2) is 13.1 Å². The minimum absolute atomic E-state index is 0.1000. The Bertz CT molecular complexity index is 573. The highest BCUT2D eigenvalue weighted by atomic mass is 32.2. The molecule has 0 unspecified atom stereocenters. The molecule has 0 aromatic heterocycles. The van der Waals surface area contributed by atoms with Crippen molar-refractivity contribution >= 4 is 21.4 Å². The number of nitrogens with two attached hydrogens (primary N) is 1. The van der Waals surface area contributed by atoms with E-state index in [1.54, 1.807) is 0 Å². The van der Waals surface area contributed by atoms with Gasteiger partial charge in [0.25, 0.3) is 5.69 Å². The molecule has 0 aliphatic rings. The van der Waals surface area contributed by atoms with Crippen molar-refractivity contribution in [1.29, 1.82) is 0 Å². The van der Waals surface area contributed by atoms with E-state index >= 15 is 0 Å². The van der Waals surface area contributed by atoms with Gasteiger partial charge in [-0.1, -0.05) is 0 Å². The van der Waals surface area contributed by atoms with Crippen LogP contribution in [0.15, 0.2) is 23.1 Å². The summed E-state index contributed by atoms with van der Waals surface area (Å²) < 4.78 is 31.3. The molecule has 20 heavy (non-hydrogen) atoms. The van der Waals surface area contributed by atoms with Gasteiger partial charge in [-0.15, -0.1) is 0 Å².